The lowest BCUT2D eigenvalue weighted by molar-refractivity contribution is 0.0929. The van der Waals surface area contributed by atoms with Gasteiger partial charge < -0.3 is 11.1 Å². The van der Waals surface area contributed by atoms with E-state index >= 15 is 0 Å². The van der Waals surface area contributed by atoms with Crippen LogP contribution in [0.25, 0.3) is 0 Å². The van der Waals surface area contributed by atoms with Crippen LogP contribution < -0.4 is 11.1 Å². The Labute approximate surface area is 124 Å². The first-order chi connectivity index (χ1) is 9.69. The molecule has 1 amide bonds. The lowest BCUT2D eigenvalue weighted by Crippen LogP contribution is -2.35. The number of carbonyl (C=O) groups is 1. The van der Waals surface area contributed by atoms with Crippen molar-refractivity contribution in [2.24, 2.45) is 11.1 Å². The third kappa shape index (κ3) is 3.62. The number of nitrogens with two attached hydrogens (primary N) is 1. The summed E-state index contributed by atoms with van der Waals surface area (Å²) >= 11 is 1.49. The fourth-order valence-corrected chi connectivity index (χ4v) is 3.56. The maximum Gasteiger partial charge on any atom is 0.252 e. The van der Waals surface area contributed by atoms with Crippen LogP contribution in [0.15, 0.2) is 11.4 Å². The normalized spacial score (nSPS) is 16.5. The zero-order chi connectivity index (χ0) is 14.4. The van der Waals surface area contributed by atoms with Gasteiger partial charge in [-0.2, -0.15) is 0 Å². The topological polar surface area (TPSA) is 55.1 Å². The van der Waals surface area contributed by atoms with Crippen LogP contribution in [0, 0.1) is 17.3 Å². The molecule has 1 aliphatic rings. The lowest BCUT2D eigenvalue weighted by Gasteiger charge is -2.27. The Morgan fingerprint density at radius 1 is 1.50 bits per heavy atom. The Morgan fingerprint density at radius 2 is 2.25 bits per heavy atom. The highest BCUT2D eigenvalue weighted by atomic mass is 32.1. The summed E-state index contributed by atoms with van der Waals surface area (Å²) in [5, 5.41) is 4.96. The molecule has 0 radical (unpaired) electrons. The van der Waals surface area contributed by atoms with Gasteiger partial charge in [0.2, 0.25) is 0 Å². The third-order valence-corrected chi connectivity index (χ3v) is 5.06. The van der Waals surface area contributed by atoms with E-state index in [-0.39, 0.29) is 5.91 Å². The van der Waals surface area contributed by atoms with Gasteiger partial charge >= 0.3 is 0 Å². The van der Waals surface area contributed by atoms with E-state index in [1.54, 1.807) is 0 Å². The summed E-state index contributed by atoms with van der Waals surface area (Å²) in [6.07, 6.45) is 6.20. The van der Waals surface area contributed by atoms with Gasteiger partial charge in [0.05, 0.1) is 17.0 Å². The van der Waals surface area contributed by atoms with Crippen LogP contribution in [-0.2, 0) is 0 Å². The number of nitrogens with one attached hydrogen (secondary N) is 1. The highest BCUT2D eigenvalue weighted by molar-refractivity contribution is 7.10. The van der Waals surface area contributed by atoms with Crippen LogP contribution >= 0.6 is 11.3 Å². The van der Waals surface area contributed by atoms with Crippen molar-refractivity contribution in [1.29, 1.82) is 0 Å². The van der Waals surface area contributed by atoms with E-state index in [4.69, 9.17) is 5.73 Å². The lowest BCUT2D eigenvalue weighted by atomic mass is 9.83. The van der Waals surface area contributed by atoms with Crippen molar-refractivity contribution < 1.29 is 4.79 Å². The van der Waals surface area contributed by atoms with Crippen molar-refractivity contribution in [2.75, 3.05) is 13.1 Å². The van der Waals surface area contributed by atoms with Crippen molar-refractivity contribution in [3.05, 3.63) is 21.9 Å². The molecule has 0 spiro atoms. The first kappa shape index (κ1) is 15.1. The summed E-state index contributed by atoms with van der Waals surface area (Å²) in [6.45, 7) is 3.36. The van der Waals surface area contributed by atoms with E-state index in [1.165, 1.54) is 37.0 Å². The van der Waals surface area contributed by atoms with Crippen molar-refractivity contribution >= 4 is 17.2 Å². The fourth-order valence-electron chi connectivity index (χ4n) is 2.81. The van der Waals surface area contributed by atoms with Crippen molar-refractivity contribution in [1.82, 2.24) is 5.32 Å². The molecular weight excluding hydrogens is 268 g/mol. The van der Waals surface area contributed by atoms with Gasteiger partial charge in [0.25, 0.3) is 5.91 Å². The first-order valence-corrected chi connectivity index (χ1v) is 8.13. The summed E-state index contributed by atoms with van der Waals surface area (Å²) in [7, 11) is 0. The van der Waals surface area contributed by atoms with Gasteiger partial charge in [0.15, 0.2) is 0 Å². The minimum absolute atomic E-state index is 0.0155. The number of carbonyl (C=O) groups excluding carboxylic acids is 1. The van der Waals surface area contributed by atoms with Crippen LogP contribution in [-0.4, -0.2) is 19.0 Å². The van der Waals surface area contributed by atoms with E-state index < -0.39 is 0 Å². The second-order valence-electron chi connectivity index (χ2n) is 5.45. The van der Waals surface area contributed by atoms with E-state index in [0.29, 0.717) is 17.5 Å². The third-order valence-electron chi connectivity index (χ3n) is 4.21. The van der Waals surface area contributed by atoms with Crippen molar-refractivity contribution in [3.63, 3.8) is 0 Å². The van der Waals surface area contributed by atoms with Gasteiger partial charge in [-0.15, -0.1) is 11.3 Å². The second-order valence-corrected chi connectivity index (χ2v) is 6.36. The zero-order valence-corrected chi connectivity index (χ0v) is 12.8. The van der Waals surface area contributed by atoms with Crippen LogP contribution in [0.2, 0.25) is 0 Å². The Hall–Kier alpha value is -1.31. The maximum absolute atomic E-state index is 12.2. The SMILES string of the molecule is CCC1(CNC(=O)c2csc(C#CCN)c2)CCCC1. The highest BCUT2D eigenvalue weighted by Gasteiger charge is 2.32. The Balaban J connectivity index is 1.93. The van der Waals surface area contributed by atoms with E-state index in [9.17, 15) is 4.79 Å². The molecular formula is C16H22N2OS. The number of thiophene rings is 1. The molecule has 0 aliphatic heterocycles. The molecule has 0 saturated heterocycles. The predicted octanol–water partition coefficient (Wildman–Crippen LogP) is 2.76. The standard InChI is InChI=1S/C16H22N2OS/c1-2-16(7-3-4-8-16)12-18-15(19)13-10-14(20-11-13)6-5-9-17/h10-11H,2-4,7-9,12,17H2,1H3,(H,18,19). The minimum Gasteiger partial charge on any atom is -0.351 e. The molecule has 0 aromatic carbocycles. The predicted molar refractivity (Wildman–Crippen MR) is 83.8 cm³/mol. The number of hydrogen-bond acceptors (Lipinski definition) is 3. The van der Waals surface area contributed by atoms with Crippen molar-refractivity contribution in [2.45, 2.75) is 39.0 Å². The summed E-state index contributed by atoms with van der Waals surface area (Å²) < 4.78 is 0. The molecule has 1 aromatic heterocycles. The molecule has 1 saturated carbocycles. The van der Waals surface area contributed by atoms with E-state index in [0.717, 1.165) is 17.8 Å². The van der Waals surface area contributed by atoms with Crippen LogP contribution in [0.5, 0.6) is 0 Å². The monoisotopic (exact) mass is 290 g/mol. The zero-order valence-electron chi connectivity index (χ0n) is 12.0. The number of amides is 1. The van der Waals surface area contributed by atoms with E-state index in [1.807, 2.05) is 11.4 Å². The molecule has 1 fully saturated rings. The quantitative estimate of drug-likeness (QED) is 0.838. The highest BCUT2D eigenvalue weighted by Crippen LogP contribution is 2.40. The van der Waals surface area contributed by atoms with Gasteiger partial charge in [0.1, 0.15) is 0 Å². The first-order valence-electron chi connectivity index (χ1n) is 7.25. The molecule has 20 heavy (non-hydrogen) atoms. The van der Waals surface area contributed by atoms with Crippen LogP contribution in [0.4, 0.5) is 0 Å². The molecule has 4 heteroatoms. The molecule has 2 rings (SSSR count). The maximum atomic E-state index is 12.2. The van der Waals surface area contributed by atoms with E-state index in [2.05, 4.69) is 24.1 Å². The average Bonchev–Trinajstić information content (AvgIpc) is 3.12. The Morgan fingerprint density at radius 3 is 2.90 bits per heavy atom. The minimum atomic E-state index is 0.0155. The van der Waals surface area contributed by atoms with Gasteiger partial charge in [0, 0.05) is 11.9 Å². The molecule has 0 unspecified atom stereocenters. The molecule has 1 aromatic rings. The molecule has 3 nitrogen and oxygen atoms in total. The fraction of sp³-hybridized carbons (Fsp3) is 0.562. The molecule has 3 N–H and O–H groups in total. The Bertz CT molecular complexity index is 518. The van der Waals surface area contributed by atoms with Gasteiger partial charge in [-0.3, -0.25) is 4.79 Å². The smallest absolute Gasteiger partial charge is 0.252 e. The Kier molecular flexibility index (Phi) is 5.22. The molecule has 0 bridgehead atoms. The molecule has 1 heterocycles. The van der Waals surface area contributed by atoms with Gasteiger partial charge in [-0.05, 0) is 30.7 Å². The summed E-state index contributed by atoms with van der Waals surface area (Å²) in [5.41, 5.74) is 6.38. The summed E-state index contributed by atoms with van der Waals surface area (Å²) in [6, 6.07) is 1.84. The summed E-state index contributed by atoms with van der Waals surface area (Å²) in [5.74, 6) is 5.78. The average molecular weight is 290 g/mol. The molecule has 108 valence electrons. The number of rotatable bonds is 4. The van der Waals surface area contributed by atoms with Crippen molar-refractivity contribution in [3.8, 4) is 11.8 Å². The molecule has 0 atom stereocenters. The van der Waals surface area contributed by atoms with Gasteiger partial charge in [-0.1, -0.05) is 31.6 Å². The largest absolute Gasteiger partial charge is 0.351 e. The van der Waals surface area contributed by atoms with Crippen LogP contribution in [0.3, 0.4) is 0 Å². The molecule has 1 aliphatic carbocycles. The number of hydrogen-bond donors (Lipinski definition) is 2. The second kappa shape index (κ2) is 6.92. The van der Waals surface area contributed by atoms with Gasteiger partial charge in [-0.25, -0.2) is 0 Å². The van der Waals surface area contributed by atoms with Crippen LogP contribution in [0.1, 0.15) is 54.3 Å². The summed E-state index contributed by atoms with van der Waals surface area (Å²) in [4.78, 5) is 13.1.